The van der Waals surface area contributed by atoms with Gasteiger partial charge in [-0.15, -0.1) is 0 Å². The van der Waals surface area contributed by atoms with Crippen LogP contribution in [0.2, 0.25) is 0 Å². The van der Waals surface area contributed by atoms with Crippen LogP contribution >= 0.6 is 0 Å². The van der Waals surface area contributed by atoms with E-state index >= 15 is 0 Å². The first-order valence-corrected chi connectivity index (χ1v) is 9.24. The number of carbonyl (C=O) groups excluding carboxylic acids is 1. The van der Waals surface area contributed by atoms with Crippen molar-refractivity contribution in [2.75, 3.05) is 13.7 Å². The van der Waals surface area contributed by atoms with Crippen molar-refractivity contribution < 1.29 is 13.9 Å². The molecule has 1 amide bonds. The van der Waals surface area contributed by atoms with Crippen molar-refractivity contribution in [2.24, 2.45) is 0 Å². The second kappa shape index (κ2) is 9.14. The number of amides is 1. The SMILES string of the molecule is CC(c1ccc(F)cc1)N(C)C(=O)c1ccc(=O)n(CCOc2ccccc2)n1. The second-order valence-electron chi connectivity index (χ2n) is 6.59. The lowest BCUT2D eigenvalue weighted by atomic mass is 10.1. The fourth-order valence-electron chi connectivity index (χ4n) is 2.81. The van der Waals surface area contributed by atoms with Crippen LogP contribution in [0, 0.1) is 5.82 Å². The highest BCUT2D eigenvalue weighted by atomic mass is 19.1. The minimum Gasteiger partial charge on any atom is -0.492 e. The van der Waals surface area contributed by atoms with Crippen LogP contribution in [0.25, 0.3) is 0 Å². The van der Waals surface area contributed by atoms with Gasteiger partial charge in [0.15, 0.2) is 0 Å². The molecule has 6 nitrogen and oxygen atoms in total. The monoisotopic (exact) mass is 395 g/mol. The highest BCUT2D eigenvalue weighted by molar-refractivity contribution is 5.92. The molecule has 1 unspecified atom stereocenters. The van der Waals surface area contributed by atoms with E-state index in [0.717, 1.165) is 5.56 Å². The first-order valence-electron chi connectivity index (χ1n) is 9.24. The fraction of sp³-hybridized carbons (Fsp3) is 0.227. The average Bonchev–Trinajstić information content (AvgIpc) is 2.75. The molecule has 1 aromatic heterocycles. The Kier molecular flexibility index (Phi) is 6.39. The maximum Gasteiger partial charge on any atom is 0.274 e. The van der Waals surface area contributed by atoms with Crippen LogP contribution in [0.15, 0.2) is 71.5 Å². The summed E-state index contributed by atoms with van der Waals surface area (Å²) in [5.41, 5.74) is 0.639. The molecule has 7 heteroatoms. The third kappa shape index (κ3) is 5.07. The minimum absolute atomic E-state index is 0.153. The van der Waals surface area contributed by atoms with Crippen molar-refractivity contribution in [3.8, 4) is 5.75 Å². The van der Waals surface area contributed by atoms with E-state index in [0.29, 0.717) is 5.75 Å². The molecule has 0 N–H and O–H groups in total. The summed E-state index contributed by atoms with van der Waals surface area (Å²) < 4.78 is 19.9. The topological polar surface area (TPSA) is 64.4 Å². The molecule has 0 aliphatic rings. The third-order valence-electron chi connectivity index (χ3n) is 4.65. The Balaban J connectivity index is 1.69. The van der Waals surface area contributed by atoms with Gasteiger partial charge in [0, 0.05) is 13.1 Å². The lowest BCUT2D eigenvalue weighted by molar-refractivity contribution is 0.0733. The molecule has 2 aromatic carbocycles. The van der Waals surface area contributed by atoms with Gasteiger partial charge in [0.1, 0.15) is 23.9 Å². The summed E-state index contributed by atoms with van der Waals surface area (Å²) in [6.07, 6.45) is 0. The van der Waals surface area contributed by atoms with Gasteiger partial charge in [-0.05, 0) is 42.8 Å². The highest BCUT2D eigenvalue weighted by Crippen LogP contribution is 2.20. The summed E-state index contributed by atoms with van der Waals surface area (Å²) >= 11 is 0. The van der Waals surface area contributed by atoms with Gasteiger partial charge in [0.25, 0.3) is 11.5 Å². The lowest BCUT2D eigenvalue weighted by Crippen LogP contribution is -2.33. The molecule has 0 radical (unpaired) electrons. The normalized spacial score (nSPS) is 11.7. The number of ether oxygens (including phenoxy) is 1. The maximum absolute atomic E-state index is 13.1. The summed E-state index contributed by atoms with van der Waals surface area (Å²) in [5.74, 6) is 0.0292. The molecule has 0 aliphatic heterocycles. The van der Waals surface area contributed by atoms with Crippen LogP contribution in [0.5, 0.6) is 5.75 Å². The number of nitrogens with zero attached hydrogens (tertiary/aromatic N) is 3. The smallest absolute Gasteiger partial charge is 0.274 e. The first-order chi connectivity index (χ1) is 14.0. The Morgan fingerprint density at radius 1 is 1.10 bits per heavy atom. The van der Waals surface area contributed by atoms with E-state index in [2.05, 4.69) is 5.10 Å². The molecular weight excluding hydrogens is 373 g/mol. The maximum atomic E-state index is 13.1. The van der Waals surface area contributed by atoms with Gasteiger partial charge in [-0.2, -0.15) is 5.10 Å². The number of aromatic nitrogens is 2. The van der Waals surface area contributed by atoms with Crippen molar-refractivity contribution in [3.05, 3.63) is 94.2 Å². The van der Waals surface area contributed by atoms with Gasteiger partial charge >= 0.3 is 0 Å². The number of benzene rings is 2. The predicted molar refractivity (Wildman–Crippen MR) is 107 cm³/mol. The average molecular weight is 395 g/mol. The summed E-state index contributed by atoms with van der Waals surface area (Å²) in [7, 11) is 1.64. The molecule has 3 aromatic rings. The molecule has 0 bridgehead atoms. The Labute approximate surface area is 168 Å². The van der Waals surface area contributed by atoms with E-state index in [1.165, 1.54) is 33.8 Å². The molecule has 3 rings (SSSR count). The van der Waals surface area contributed by atoms with Crippen LogP contribution in [-0.2, 0) is 6.54 Å². The third-order valence-corrected chi connectivity index (χ3v) is 4.65. The Morgan fingerprint density at radius 2 is 1.79 bits per heavy atom. The van der Waals surface area contributed by atoms with E-state index in [4.69, 9.17) is 4.74 Å². The number of hydrogen-bond donors (Lipinski definition) is 0. The molecule has 0 spiro atoms. The Bertz CT molecular complexity index is 1020. The zero-order valence-corrected chi connectivity index (χ0v) is 16.3. The molecule has 1 atom stereocenters. The van der Waals surface area contributed by atoms with Gasteiger partial charge in [0.05, 0.1) is 12.6 Å². The number of para-hydroxylation sites is 1. The number of carbonyl (C=O) groups is 1. The summed E-state index contributed by atoms with van der Waals surface area (Å²) in [6.45, 7) is 2.30. The van der Waals surface area contributed by atoms with Crippen LogP contribution in [-0.4, -0.2) is 34.2 Å². The largest absolute Gasteiger partial charge is 0.492 e. The van der Waals surface area contributed by atoms with Crippen molar-refractivity contribution >= 4 is 5.91 Å². The van der Waals surface area contributed by atoms with E-state index in [1.54, 1.807) is 19.2 Å². The second-order valence-corrected chi connectivity index (χ2v) is 6.59. The van der Waals surface area contributed by atoms with Crippen LogP contribution < -0.4 is 10.3 Å². The van der Waals surface area contributed by atoms with Crippen LogP contribution in [0.4, 0.5) is 4.39 Å². The molecule has 0 aliphatic carbocycles. The number of halogens is 1. The van der Waals surface area contributed by atoms with Gasteiger partial charge in [-0.3, -0.25) is 9.59 Å². The lowest BCUT2D eigenvalue weighted by Gasteiger charge is -2.25. The fourth-order valence-corrected chi connectivity index (χ4v) is 2.81. The summed E-state index contributed by atoms with van der Waals surface area (Å²) in [6, 6.07) is 17.7. The van der Waals surface area contributed by atoms with Gasteiger partial charge in [-0.1, -0.05) is 30.3 Å². The van der Waals surface area contributed by atoms with E-state index in [-0.39, 0.29) is 42.2 Å². The predicted octanol–water partition coefficient (Wildman–Crippen LogP) is 3.29. The van der Waals surface area contributed by atoms with Crippen LogP contribution in [0.3, 0.4) is 0 Å². The quantitative estimate of drug-likeness (QED) is 0.616. The minimum atomic E-state index is -0.334. The molecule has 150 valence electrons. The van der Waals surface area contributed by atoms with Crippen molar-refractivity contribution in [1.29, 1.82) is 0 Å². The number of hydrogen-bond acceptors (Lipinski definition) is 4. The number of rotatable bonds is 7. The summed E-state index contributed by atoms with van der Waals surface area (Å²) in [5, 5.41) is 4.19. The first kappa shape index (κ1) is 20.3. The zero-order chi connectivity index (χ0) is 20.8. The highest BCUT2D eigenvalue weighted by Gasteiger charge is 2.21. The Hall–Kier alpha value is -3.48. The van der Waals surface area contributed by atoms with Gasteiger partial charge in [-0.25, -0.2) is 9.07 Å². The van der Waals surface area contributed by atoms with Crippen LogP contribution in [0.1, 0.15) is 29.0 Å². The summed E-state index contributed by atoms with van der Waals surface area (Å²) in [4.78, 5) is 26.4. The van der Waals surface area contributed by atoms with E-state index in [9.17, 15) is 14.0 Å². The standard InChI is InChI=1S/C22H22FN3O3/c1-16(17-8-10-18(23)11-9-17)25(2)22(28)20-12-13-21(27)26(24-20)14-15-29-19-6-4-3-5-7-19/h3-13,16H,14-15H2,1-2H3. The zero-order valence-electron chi connectivity index (χ0n) is 16.3. The van der Waals surface area contributed by atoms with Crippen molar-refractivity contribution in [1.82, 2.24) is 14.7 Å². The molecule has 29 heavy (non-hydrogen) atoms. The molecular formula is C22H22FN3O3. The van der Waals surface area contributed by atoms with Crippen molar-refractivity contribution in [2.45, 2.75) is 19.5 Å². The van der Waals surface area contributed by atoms with Gasteiger partial charge in [0.2, 0.25) is 0 Å². The molecule has 1 heterocycles. The molecule has 0 fully saturated rings. The molecule has 0 saturated heterocycles. The molecule has 0 saturated carbocycles. The van der Waals surface area contributed by atoms with Crippen molar-refractivity contribution in [3.63, 3.8) is 0 Å². The van der Waals surface area contributed by atoms with E-state index < -0.39 is 0 Å². The van der Waals surface area contributed by atoms with E-state index in [1.807, 2.05) is 37.3 Å². The Morgan fingerprint density at radius 3 is 2.48 bits per heavy atom. The van der Waals surface area contributed by atoms with Gasteiger partial charge < -0.3 is 9.64 Å².